The Kier molecular flexibility index (Phi) is 16.1. The van der Waals surface area contributed by atoms with E-state index in [-0.39, 0.29) is 0 Å². The van der Waals surface area contributed by atoms with Crippen LogP contribution in [0.25, 0.3) is 39.8 Å². The molecule has 5 aromatic carbocycles. The van der Waals surface area contributed by atoms with Crippen LogP contribution in [0.1, 0.15) is 61.8 Å². The summed E-state index contributed by atoms with van der Waals surface area (Å²) in [5, 5.41) is 1.06. The van der Waals surface area contributed by atoms with E-state index in [9.17, 15) is 0 Å². The molecule has 1 aromatic heterocycles. The van der Waals surface area contributed by atoms with Gasteiger partial charge in [0.2, 0.25) is 0 Å². The molecule has 0 saturated carbocycles. The van der Waals surface area contributed by atoms with Gasteiger partial charge in [-0.1, -0.05) is 184 Å². The molecule has 6 aromatic rings. The van der Waals surface area contributed by atoms with Crippen molar-refractivity contribution in [3.05, 3.63) is 319 Å². The Morgan fingerprint density at radius 3 is 1.96 bits per heavy atom. The maximum atomic E-state index is 6.33. The van der Waals surface area contributed by atoms with Gasteiger partial charge in [0.05, 0.1) is 0 Å². The first-order valence-corrected chi connectivity index (χ1v) is 26.6. The highest BCUT2D eigenvalue weighted by Gasteiger charge is 2.21. The van der Waals surface area contributed by atoms with E-state index in [0.717, 1.165) is 100 Å². The number of para-hydroxylation sites is 2. The minimum atomic E-state index is 0.692. The van der Waals surface area contributed by atoms with E-state index in [2.05, 4.69) is 260 Å². The molecule has 1 aliphatic heterocycles. The van der Waals surface area contributed by atoms with Crippen molar-refractivity contribution < 1.29 is 4.42 Å². The molecule has 4 nitrogen and oxygen atoms in total. The highest BCUT2D eigenvalue weighted by Crippen LogP contribution is 2.40. The number of fused-ring (bicyclic) bond motifs is 1. The standard InChI is InChI=1S/C72H65N3O/c1-5-54(56-26-24-52-73(61-27-15-10-16-28-61)70(7-3)55(6-2)36-37-56)25-14-9-23-35-68-69-53-60(44-51-72(69)76-71(68)8-4)59-42-49-67(50-43-59)75(64-33-21-13-22-34-64)66-47-40-58(41-48-66)57-38-45-65(46-39-57)74(62-29-17-11-18-30-62)63-31-19-12-20-32-63/h5-11,13-17,19,21-29,31-35,37-42,44-49,51,53H,1-4,12,18,20,30,36,43,50,52H2/b14-9+,26-24?,35-23+,54-25+,56-37+,70-55-. The van der Waals surface area contributed by atoms with Crippen molar-refractivity contribution in [3.8, 4) is 11.1 Å². The monoisotopic (exact) mass is 988 g/mol. The van der Waals surface area contributed by atoms with Crippen LogP contribution in [-0.2, 0) is 0 Å². The summed E-state index contributed by atoms with van der Waals surface area (Å²) < 4.78 is 6.33. The molecule has 0 spiro atoms. The van der Waals surface area contributed by atoms with Crippen LogP contribution < -0.4 is 14.7 Å². The molecule has 3 aliphatic carbocycles. The van der Waals surface area contributed by atoms with E-state index in [4.69, 9.17) is 4.42 Å². The zero-order chi connectivity index (χ0) is 52.1. The van der Waals surface area contributed by atoms with Gasteiger partial charge in [0.15, 0.2) is 0 Å². The summed E-state index contributed by atoms with van der Waals surface area (Å²) in [6, 6.07) is 45.7. The largest absolute Gasteiger partial charge is 0.456 e. The number of allylic oxidation sites excluding steroid dienone is 23. The average Bonchev–Trinajstić information content (AvgIpc) is 3.90. The minimum absolute atomic E-state index is 0.692. The van der Waals surface area contributed by atoms with Crippen LogP contribution >= 0.6 is 0 Å². The molecule has 0 N–H and O–H groups in total. The summed E-state index contributed by atoms with van der Waals surface area (Å²) in [5.41, 5.74) is 19.4. The Balaban J connectivity index is 0.861. The van der Waals surface area contributed by atoms with Gasteiger partial charge in [0, 0.05) is 63.0 Å². The number of anilines is 4. The molecule has 0 saturated heterocycles. The molecule has 4 heteroatoms. The Hall–Kier alpha value is -9.12. The smallest absolute Gasteiger partial charge is 0.135 e. The number of hydrogen-bond donors (Lipinski definition) is 0. The quantitative estimate of drug-likeness (QED) is 0.0850. The molecule has 76 heavy (non-hydrogen) atoms. The van der Waals surface area contributed by atoms with Crippen molar-refractivity contribution in [2.45, 2.75) is 44.9 Å². The Labute approximate surface area is 450 Å². The van der Waals surface area contributed by atoms with Crippen LogP contribution in [0.4, 0.5) is 22.7 Å². The molecule has 4 aliphatic rings. The first-order chi connectivity index (χ1) is 37.5. The van der Waals surface area contributed by atoms with Gasteiger partial charge < -0.3 is 19.1 Å². The van der Waals surface area contributed by atoms with Gasteiger partial charge in [0.25, 0.3) is 0 Å². The average molecular weight is 988 g/mol. The summed E-state index contributed by atoms with van der Waals surface area (Å²) in [6.45, 7) is 17.3. The van der Waals surface area contributed by atoms with Crippen molar-refractivity contribution in [1.82, 2.24) is 0 Å². The fourth-order valence-electron chi connectivity index (χ4n) is 10.5. The molecule has 0 bridgehead atoms. The lowest BCUT2D eigenvalue weighted by Crippen LogP contribution is -2.22. The number of benzene rings is 5. The van der Waals surface area contributed by atoms with Crippen LogP contribution in [0.15, 0.2) is 307 Å². The third-order valence-electron chi connectivity index (χ3n) is 14.4. The van der Waals surface area contributed by atoms with Gasteiger partial charge in [0.1, 0.15) is 11.3 Å². The first kappa shape index (κ1) is 50.4. The van der Waals surface area contributed by atoms with Crippen molar-refractivity contribution in [3.63, 3.8) is 0 Å². The second-order valence-corrected chi connectivity index (χ2v) is 19.1. The van der Waals surface area contributed by atoms with Gasteiger partial charge in [-0.25, -0.2) is 0 Å². The summed E-state index contributed by atoms with van der Waals surface area (Å²) in [7, 11) is 0. The van der Waals surface area contributed by atoms with E-state index in [0.29, 0.717) is 13.0 Å². The van der Waals surface area contributed by atoms with E-state index in [1.54, 1.807) is 6.08 Å². The molecule has 0 amide bonds. The van der Waals surface area contributed by atoms with Crippen molar-refractivity contribution in [2.75, 3.05) is 21.2 Å². The fraction of sp³-hybridized carbons (Fsp3) is 0.111. The number of furan rings is 1. The predicted molar refractivity (Wildman–Crippen MR) is 327 cm³/mol. The van der Waals surface area contributed by atoms with Crippen molar-refractivity contribution in [1.29, 1.82) is 0 Å². The van der Waals surface area contributed by atoms with Gasteiger partial charge in [-0.3, -0.25) is 0 Å². The highest BCUT2D eigenvalue weighted by molar-refractivity contribution is 5.93. The second kappa shape index (κ2) is 24.3. The lowest BCUT2D eigenvalue weighted by molar-refractivity contribution is 0.603. The fourth-order valence-corrected chi connectivity index (χ4v) is 10.5. The lowest BCUT2D eigenvalue weighted by Gasteiger charge is -2.31. The Bertz CT molecular complexity index is 3520. The van der Waals surface area contributed by atoms with Crippen LogP contribution in [0.2, 0.25) is 0 Å². The molecule has 2 heterocycles. The summed E-state index contributed by atoms with van der Waals surface area (Å²) in [6.07, 6.45) is 49.5. The zero-order valence-electron chi connectivity index (χ0n) is 43.4. The molecule has 374 valence electrons. The van der Waals surface area contributed by atoms with E-state index >= 15 is 0 Å². The SMILES string of the molecule is C=CC(=C\C=C\C=C\c1c(C=C)oc2ccc(C3=CC=C(N(c4ccccc4)c4ccc(-c5ccc(N(C6=CCCC=C6)C6=CC=CCC6)cc5)cc4)CC3)cc12)/C1=C/C/C(C=C)=C(/C=C)N(c2ccccc2)CC=C1. The molecule has 0 fully saturated rings. The molecule has 0 unspecified atom stereocenters. The Morgan fingerprint density at radius 1 is 0.579 bits per heavy atom. The second-order valence-electron chi connectivity index (χ2n) is 19.1. The van der Waals surface area contributed by atoms with Crippen LogP contribution in [0.5, 0.6) is 0 Å². The normalized spacial score (nSPS) is 17.7. The van der Waals surface area contributed by atoms with E-state index in [1.165, 1.54) is 45.0 Å². The number of nitrogens with zero attached hydrogens (tertiary/aromatic N) is 3. The summed E-state index contributed by atoms with van der Waals surface area (Å²) >= 11 is 0. The summed E-state index contributed by atoms with van der Waals surface area (Å²) in [4.78, 5) is 7.10. The van der Waals surface area contributed by atoms with Crippen molar-refractivity contribution >= 4 is 51.4 Å². The topological polar surface area (TPSA) is 22.9 Å². The Morgan fingerprint density at radius 2 is 1.30 bits per heavy atom. The first-order valence-electron chi connectivity index (χ1n) is 26.6. The maximum Gasteiger partial charge on any atom is 0.135 e. The van der Waals surface area contributed by atoms with Crippen LogP contribution in [0, 0.1) is 0 Å². The minimum Gasteiger partial charge on any atom is -0.456 e. The van der Waals surface area contributed by atoms with Gasteiger partial charge >= 0.3 is 0 Å². The summed E-state index contributed by atoms with van der Waals surface area (Å²) in [5.74, 6) is 0.748. The van der Waals surface area contributed by atoms with Crippen molar-refractivity contribution in [2.24, 2.45) is 0 Å². The van der Waals surface area contributed by atoms with Gasteiger partial charge in [-0.15, -0.1) is 0 Å². The zero-order valence-corrected chi connectivity index (χ0v) is 43.4. The number of hydrogen-bond acceptors (Lipinski definition) is 4. The highest BCUT2D eigenvalue weighted by atomic mass is 16.3. The van der Waals surface area contributed by atoms with Crippen LogP contribution in [0.3, 0.4) is 0 Å². The molecule has 0 radical (unpaired) electrons. The third kappa shape index (κ3) is 11.3. The number of rotatable bonds is 17. The maximum absolute atomic E-state index is 6.33. The lowest BCUT2D eigenvalue weighted by atomic mass is 9.93. The molecule has 10 rings (SSSR count). The van der Waals surface area contributed by atoms with E-state index < -0.39 is 0 Å². The predicted octanol–water partition coefficient (Wildman–Crippen LogP) is 19.6. The van der Waals surface area contributed by atoms with Gasteiger partial charge in [-0.05, 0) is 175 Å². The van der Waals surface area contributed by atoms with Crippen LogP contribution in [-0.4, -0.2) is 6.54 Å². The third-order valence-corrected chi connectivity index (χ3v) is 14.4. The molecule has 0 atom stereocenters. The van der Waals surface area contributed by atoms with E-state index in [1.807, 2.05) is 24.3 Å². The molecular formula is C72H65N3O. The van der Waals surface area contributed by atoms with Gasteiger partial charge in [-0.2, -0.15) is 0 Å². The molecular weight excluding hydrogens is 923 g/mol.